The Hall–Kier alpha value is -2.73. The van der Waals surface area contributed by atoms with Gasteiger partial charge in [-0.1, -0.05) is 30.3 Å². The number of rotatable bonds is 5. The molecule has 1 aliphatic heterocycles. The van der Waals surface area contributed by atoms with Crippen molar-refractivity contribution in [2.24, 2.45) is 0 Å². The molecule has 0 amide bonds. The van der Waals surface area contributed by atoms with E-state index >= 15 is 0 Å². The summed E-state index contributed by atoms with van der Waals surface area (Å²) in [6.45, 7) is 3.96. The summed E-state index contributed by atoms with van der Waals surface area (Å²) < 4.78 is 5.97. The highest BCUT2D eigenvalue weighted by atomic mass is 16.5. The van der Waals surface area contributed by atoms with Crippen LogP contribution in [0.4, 0.5) is 5.82 Å². The Labute approximate surface area is 146 Å². The van der Waals surface area contributed by atoms with Gasteiger partial charge in [-0.25, -0.2) is 15.0 Å². The predicted molar refractivity (Wildman–Crippen MR) is 97.7 cm³/mol. The Morgan fingerprint density at radius 2 is 2.04 bits per heavy atom. The lowest BCUT2D eigenvalue weighted by Crippen LogP contribution is -2.20. The Morgan fingerprint density at radius 1 is 1.16 bits per heavy atom. The van der Waals surface area contributed by atoms with Crippen LogP contribution in [0.25, 0.3) is 11.0 Å². The average molecular weight is 335 g/mol. The number of aromatic nitrogens is 3. The minimum Gasteiger partial charge on any atom is -0.473 e. The molecule has 0 bridgehead atoms. The molecule has 1 saturated heterocycles. The van der Waals surface area contributed by atoms with E-state index in [0.29, 0.717) is 5.88 Å². The molecule has 1 aromatic carbocycles. The van der Waals surface area contributed by atoms with E-state index in [-0.39, 0.29) is 12.1 Å². The van der Waals surface area contributed by atoms with Crippen molar-refractivity contribution in [2.45, 2.75) is 25.5 Å². The van der Waals surface area contributed by atoms with Crippen molar-refractivity contribution in [3.05, 3.63) is 54.4 Å². The normalized spacial score (nSPS) is 18.2. The van der Waals surface area contributed by atoms with Gasteiger partial charge in [-0.3, -0.25) is 0 Å². The molecular formula is C19H21N5O. The number of hydrogen-bond donors (Lipinski definition) is 2. The Balaban J connectivity index is 1.61. The second kappa shape index (κ2) is 7.03. The Kier molecular flexibility index (Phi) is 4.43. The van der Waals surface area contributed by atoms with E-state index in [4.69, 9.17) is 4.74 Å². The summed E-state index contributed by atoms with van der Waals surface area (Å²) in [6.07, 6.45) is 2.74. The minimum absolute atomic E-state index is 0.115. The van der Waals surface area contributed by atoms with Gasteiger partial charge >= 0.3 is 0 Å². The lowest BCUT2D eigenvalue weighted by Gasteiger charge is -2.16. The van der Waals surface area contributed by atoms with E-state index in [9.17, 15) is 0 Å². The van der Waals surface area contributed by atoms with Gasteiger partial charge in [0.25, 0.3) is 0 Å². The molecule has 0 radical (unpaired) electrons. The van der Waals surface area contributed by atoms with E-state index in [2.05, 4.69) is 44.6 Å². The standard InChI is InChI=1S/C19H21N5O/c1-13(14-5-3-2-4-6-14)23-19-18-16(21-12-22-19)7-8-17(24-18)25-15-9-10-20-11-15/h2-8,12-13,15,20H,9-11H2,1H3,(H,21,22,23)/t13-,15-/m0/s1. The summed E-state index contributed by atoms with van der Waals surface area (Å²) in [5.74, 6) is 1.34. The van der Waals surface area contributed by atoms with Gasteiger partial charge in [0.1, 0.15) is 17.9 Å². The van der Waals surface area contributed by atoms with Crippen LogP contribution in [0.1, 0.15) is 24.9 Å². The first kappa shape index (κ1) is 15.8. The van der Waals surface area contributed by atoms with Gasteiger partial charge in [0.05, 0.1) is 11.6 Å². The van der Waals surface area contributed by atoms with Crippen LogP contribution in [0.15, 0.2) is 48.8 Å². The summed E-state index contributed by atoms with van der Waals surface area (Å²) in [7, 11) is 0. The summed E-state index contributed by atoms with van der Waals surface area (Å²) in [4.78, 5) is 13.4. The third kappa shape index (κ3) is 3.53. The molecule has 1 fully saturated rings. The second-order valence-corrected chi connectivity index (χ2v) is 6.25. The van der Waals surface area contributed by atoms with E-state index in [0.717, 1.165) is 36.4 Å². The second-order valence-electron chi connectivity index (χ2n) is 6.25. The minimum atomic E-state index is 0.115. The van der Waals surface area contributed by atoms with Crippen LogP contribution in [0.3, 0.4) is 0 Å². The number of pyridine rings is 1. The molecule has 6 nitrogen and oxygen atoms in total. The highest BCUT2D eigenvalue weighted by Gasteiger charge is 2.17. The maximum Gasteiger partial charge on any atom is 0.214 e. The monoisotopic (exact) mass is 335 g/mol. The van der Waals surface area contributed by atoms with Crippen molar-refractivity contribution in [1.82, 2.24) is 20.3 Å². The Bertz CT molecular complexity index is 849. The van der Waals surface area contributed by atoms with Crippen LogP contribution in [-0.4, -0.2) is 34.1 Å². The van der Waals surface area contributed by atoms with Crippen LogP contribution in [0.2, 0.25) is 0 Å². The highest BCUT2D eigenvalue weighted by Crippen LogP contribution is 2.25. The fraction of sp³-hybridized carbons (Fsp3) is 0.316. The molecule has 0 spiro atoms. The number of ether oxygens (including phenoxy) is 1. The van der Waals surface area contributed by atoms with Crippen LogP contribution >= 0.6 is 0 Å². The highest BCUT2D eigenvalue weighted by molar-refractivity contribution is 5.85. The fourth-order valence-electron chi connectivity index (χ4n) is 3.02. The molecule has 2 aromatic heterocycles. The number of hydrogen-bond acceptors (Lipinski definition) is 6. The van der Waals surface area contributed by atoms with Gasteiger partial charge in [-0.15, -0.1) is 0 Å². The molecule has 0 saturated carbocycles. The van der Waals surface area contributed by atoms with E-state index in [1.54, 1.807) is 6.33 Å². The number of nitrogens with zero attached hydrogens (tertiary/aromatic N) is 3. The van der Waals surface area contributed by atoms with Crippen molar-refractivity contribution in [1.29, 1.82) is 0 Å². The Morgan fingerprint density at radius 3 is 2.84 bits per heavy atom. The van der Waals surface area contributed by atoms with Crippen LogP contribution < -0.4 is 15.4 Å². The molecular weight excluding hydrogens is 314 g/mol. The first-order valence-electron chi connectivity index (χ1n) is 8.60. The summed E-state index contributed by atoms with van der Waals surface area (Å²) >= 11 is 0. The van der Waals surface area contributed by atoms with Crippen LogP contribution in [0, 0.1) is 0 Å². The first-order chi connectivity index (χ1) is 12.3. The van der Waals surface area contributed by atoms with Gasteiger partial charge in [0.15, 0.2) is 5.82 Å². The van der Waals surface area contributed by atoms with Gasteiger partial charge < -0.3 is 15.4 Å². The lowest BCUT2D eigenvalue weighted by molar-refractivity contribution is 0.215. The SMILES string of the molecule is C[C@H](Nc1ncnc2ccc(O[C@H]3CCNC3)nc12)c1ccccc1. The average Bonchev–Trinajstić information content (AvgIpc) is 3.16. The molecule has 0 aliphatic carbocycles. The molecule has 3 aromatic rings. The van der Waals surface area contributed by atoms with Gasteiger partial charge in [0, 0.05) is 12.6 Å². The molecule has 3 heterocycles. The molecule has 128 valence electrons. The molecule has 25 heavy (non-hydrogen) atoms. The summed E-state index contributed by atoms with van der Waals surface area (Å²) in [6, 6.07) is 14.2. The number of anilines is 1. The molecule has 2 atom stereocenters. The van der Waals surface area contributed by atoms with Gasteiger partial charge in [-0.05, 0) is 31.5 Å². The van der Waals surface area contributed by atoms with Crippen molar-refractivity contribution in [3.63, 3.8) is 0 Å². The molecule has 6 heteroatoms. The molecule has 2 N–H and O–H groups in total. The van der Waals surface area contributed by atoms with Gasteiger partial charge in [0.2, 0.25) is 5.88 Å². The zero-order valence-corrected chi connectivity index (χ0v) is 14.1. The molecule has 0 unspecified atom stereocenters. The molecule has 4 rings (SSSR count). The number of nitrogens with one attached hydrogen (secondary N) is 2. The van der Waals surface area contributed by atoms with E-state index in [1.807, 2.05) is 30.3 Å². The van der Waals surface area contributed by atoms with E-state index in [1.165, 1.54) is 5.56 Å². The third-order valence-electron chi connectivity index (χ3n) is 4.41. The molecule has 1 aliphatic rings. The zero-order valence-electron chi connectivity index (χ0n) is 14.1. The smallest absolute Gasteiger partial charge is 0.214 e. The van der Waals surface area contributed by atoms with Crippen LogP contribution in [0.5, 0.6) is 5.88 Å². The van der Waals surface area contributed by atoms with Crippen LogP contribution in [-0.2, 0) is 0 Å². The summed E-state index contributed by atoms with van der Waals surface area (Å²) in [5, 5.41) is 6.74. The van der Waals surface area contributed by atoms with Crippen molar-refractivity contribution in [2.75, 3.05) is 18.4 Å². The largest absolute Gasteiger partial charge is 0.473 e. The van der Waals surface area contributed by atoms with Gasteiger partial charge in [-0.2, -0.15) is 0 Å². The predicted octanol–water partition coefficient (Wildman–Crippen LogP) is 2.94. The fourth-order valence-corrected chi connectivity index (χ4v) is 3.02. The zero-order chi connectivity index (χ0) is 17.1. The maximum atomic E-state index is 5.97. The van der Waals surface area contributed by atoms with E-state index < -0.39 is 0 Å². The maximum absolute atomic E-state index is 5.97. The lowest BCUT2D eigenvalue weighted by atomic mass is 10.1. The third-order valence-corrected chi connectivity index (χ3v) is 4.41. The first-order valence-corrected chi connectivity index (χ1v) is 8.60. The number of benzene rings is 1. The van der Waals surface area contributed by atoms with Crippen molar-refractivity contribution < 1.29 is 4.74 Å². The van der Waals surface area contributed by atoms with Crippen molar-refractivity contribution >= 4 is 16.9 Å². The topological polar surface area (TPSA) is 72.0 Å². The quantitative estimate of drug-likeness (QED) is 0.747. The number of fused-ring (bicyclic) bond motifs is 1. The summed E-state index contributed by atoms with van der Waals surface area (Å²) in [5.41, 5.74) is 2.72. The van der Waals surface area contributed by atoms with Crippen molar-refractivity contribution in [3.8, 4) is 5.88 Å².